The van der Waals surface area contributed by atoms with Crippen LogP contribution < -0.4 is 0 Å². The van der Waals surface area contributed by atoms with Crippen molar-refractivity contribution in [1.82, 2.24) is 0 Å². The van der Waals surface area contributed by atoms with Gasteiger partial charge in [0.05, 0.1) is 0 Å². The minimum atomic E-state index is -0.174. The molecule has 1 aromatic rings. The van der Waals surface area contributed by atoms with E-state index in [2.05, 4.69) is 34.3 Å². The average Bonchev–Trinajstić information content (AvgIpc) is 2.24. The highest BCUT2D eigenvalue weighted by Crippen LogP contribution is 2.16. The van der Waals surface area contributed by atoms with Crippen LogP contribution in [0.15, 0.2) is 30.9 Å². The van der Waals surface area contributed by atoms with Gasteiger partial charge in [-0.1, -0.05) is 46.3 Å². The van der Waals surface area contributed by atoms with Crippen molar-refractivity contribution in [3.8, 4) is 0 Å². The molecule has 0 saturated carbocycles. The Morgan fingerprint density at radius 1 is 1.29 bits per heavy atom. The molecule has 0 heterocycles. The second kappa shape index (κ2) is 7.26. The van der Waals surface area contributed by atoms with E-state index in [9.17, 15) is 4.39 Å². The molecule has 0 aliphatic heterocycles. The van der Waals surface area contributed by atoms with E-state index in [1.54, 1.807) is 18.2 Å². The predicted octanol–water partition coefficient (Wildman–Crippen LogP) is 5.31. The maximum Gasteiger partial charge on any atom is 0.123 e. The highest BCUT2D eigenvalue weighted by Gasteiger charge is 2.03. The van der Waals surface area contributed by atoms with Crippen LogP contribution in [-0.4, -0.2) is 0 Å². The van der Waals surface area contributed by atoms with E-state index in [0.29, 0.717) is 5.41 Å². The Labute approximate surface area is 106 Å². The van der Waals surface area contributed by atoms with Gasteiger partial charge in [-0.15, -0.1) is 6.58 Å². The van der Waals surface area contributed by atoms with Crippen molar-refractivity contribution in [1.29, 1.82) is 0 Å². The summed E-state index contributed by atoms with van der Waals surface area (Å²) in [4.78, 5) is 0. The lowest BCUT2D eigenvalue weighted by molar-refractivity contribution is 0.398. The quantitative estimate of drug-likeness (QED) is 0.611. The van der Waals surface area contributed by atoms with Gasteiger partial charge >= 0.3 is 0 Å². The third-order valence-corrected chi connectivity index (χ3v) is 2.74. The SMILES string of the molecule is C=CCc1cc(F)ccc1C.CCC(C)(C)C. The molecule has 0 aromatic heterocycles. The molecule has 0 atom stereocenters. The second-order valence-electron chi connectivity index (χ2n) is 5.48. The van der Waals surface area contributed by atoms with E-state index >= 15 is 0 Å². The molecule has 0 saturated heterocycles. The molecule has 1 aromatic carbocycles. The van der Waals surface area contributed by atoms with Crippen molar-refractivity contribution in [3.05, 3.63) is 47.8 Å². The smallest absolute Gasteiger partial charge is 0.123 e. The van der Waals surface area contributed by atoms with Crippen molar-refractivity contribution >= 4 is 0 Å². The van der Waals surface area contributed by atoms with E-state index in [4.69, 9.17) is 0 Å². The largest absolute Gasteiger partial charge is 0.207 e. The maximum atomic E-state index is 12.6. The van der Waals surface area contributed by atoms with Gasteiger partial charge in [0.15, 0.2) is 0 Å². The Kier molecular flexibility index (Phi) is 6.79. The fraction of sp³-hybridized carbons (Fsp3) is 0.500. The van der Waals surface area contributed by atoms with E-state index in [1.807, 2.05) is 6.92 Å². The molecule has 0 radical (unpaired) electrons. The van der Waals surface area contributed by atoms with Crippen LogP contribution in [0, 0.1) is 18.2 Å². The van der Waals surface area contributed by atoms with Gasteiger partial charge in [-0.05, 0) is 42.0 Å². The fourth-order valence-corrected chi connectivity index (χ4v) is 1.02. The van der Waals surface area contributed by atoms with Gasteiger partial charge in [0.1, 0.15) is 5.82 Å². The summed E-state index contributed by atoms with van der Waals surface area (Å²) in [5, 5.41) is 0. The van der Waals surface area contributed by atoms with Crippen molar-refractivity contribution < 1.29 is 4.39 Å². The molecule has 0 spiro atoms. The lowest BCUT2D eigenvalue weighted by Gasteiger charge is -2.12. The summed E-state index contributed by atoms with van der Waals surface area (Å²) >= 11 is 0. The van der Waals surface area contributed by atoms with Gasteiger partial charge in [0.25, 0.3) is 0 Å². The van der Waals surface area contributed by atoms with Crippen molar-refractivity contribution in [2.24, 2.45) is 5.41 Å². The summed E-state index contributed by atoms with van der Waals surface area (Å²) in [6.07, 6.45) is 3.79. The second-order valence-corrected chi connectivity index (χ2v) is 5.48. The number of aryl methyl sites for hydroxylation is 1. The van der Waals surface area contributed by atoms with Crippen LogP contribution >= 0.6 is 0 Å². The first-order chi connectivity index (χ1) is 7.80. The third-order valence-electron chi connectivity index (χ3n) is 2.74. The third kappa shape index (κ3) is 7.73. The molecule has 17 heavy (non-hydrogen) atoms. The molecule has 0 unspecified atom stereocenters. The van der Waals surface area contributed by atoms with Crippen LogP contribution in [0.4, 0.5) is 4.39 Å². The lowest BCUT2D eigenvalue weighted by Crippen LogP contribution is -2.00. The summed E-state index contributed by atoms with van der Waals surface area (Å²) < 4.78 is 12.6. The van der Waals surface area contributed by atoms with Gasteiger partial charge < -0.3 is 0 Å². The molecule has 0 aliphatic carbocycles. The molecule has 1 rings (SSSR count). The highest BCUT2D eigenvalue weighted by atomic mass is 19.1. The Bertz CT molecular complexity index is 345. The number of allylic oxidation sites excluding steroid dienone is 1. The van der Waals surface area contributed by atoms with E-state index in [-0.39, 0.29) is 5.82 Å². The number of hydrogen-bond donors (Lipinski definition) is 0. The van der Waals surface area contributed by atoms with Gasteiger partial charge in [-0.2, -0.15) is 0 Å². The number of hydrogen-bond acceptors (Lipinski definition) is 0. The Morgan fingerprint density at radius 3 is 2.24 bits per heavy atom. The highest BCUT2D eigenvalue weighted by molar-refractivity contribution is 5.27. The zero-order valence-corrected chi connectivity index (χ0v) is 11.8. The van der Waals surface area contributed by atoms with Crippen LogP contribution in [0.1, 0.15) is 45.2 Å². The van der Waals surface area contributed by atoms with Gasteiger partial charge in [0.2, 0.25) is 0 Å². The van der Waals surface area contributed by atoms with E-state index in [1.165, 1.54) is 12.5 Å². The predicted molar refractivity (Wildman–Crippen MR) is 74.8 cm³/mol. The molecule has 0 fully saturated rings. The number of benzene rings is 1. The Balaban J connectivity index is 0.000000366. The normalized spacial score (nSPS) is 10.5. The van der Waals surface area contributed by atoms with Crippen LogP contribution in [0.25, 0.3) is 0 Å². The summed E-state index contributed by atoms with van der Waals surface area (Å²) in [5.41, 5.74) is 2.67. The van der Waals surface area contributed by atoms with Crippen LogP contribution in [0.5, 0.6) is 0 Å². The molecule has 0 amide bonds. The van der Waals surface area contributed by atoms with E-state index < -0.39 is 0 Å². The van der Waals surface area contributed by atoms with Crippen LogP contribution in [0.2, 0.25) is 0 Å². The number of halogens is 1. The molecule has 1 heteroatoms. The maximum absolute atomic E-state index is 12.6. The van der Waals surface area contributed by atoms with Gasteiger partial charge in [-0.25, -0.2) is 4.39 Å². The first-order valence-corrected chi connectivity index (χ1v) is 6.16. The first-order valence-electron chi connectivity index (χ1n) is 6.16. The Morgan fingerprint density at radius 2 is 1.82 bits per heavy atom. The van der Waals surface area contributed by atoms with Crippen LogP contribution in [0.3, 0.4) is 0 Å². The average molecular weight is 236 g/mol. The minimum Gasteiger partial charge on any atom is -0.207 e. The molecule has 0 N–H and O–H groups in total. The van der Waals surface area contributed by atoms with Crippen molar-refractivity contribution in [2.45, 2.75) is 47.5 Å². The zero-order valence-electron chi connectivity index (χ0n) is 11.8. The minimum absolute atomic E-state index is 0.174. The van der Waals surface area contributed by atoms with Crippen LogP contribution in [-0.2, 0) is 6.42 Å². The molecular formula is C16H25F. The van der Waals surface area contributed by atoms with Crippen molar-refractivity contribution in [2.75, 3.05) is 0 Å². The summed E-state index contributed by atoms with van der Waals surface area (Å²) in [7, 11) is 0. The molecular weight excluding hydrogens is 211 g/mol. The van der Waals surface area contributed by atoms with E-state index in [0.717, 1.165) is 17.5 Å². The first kappa shape index (κ1) is 15.9. The molecule has 0 nitrogen and oxygen atoms in total. The van der Waals surface area contributed by atoms with Gasteiger partial charge in [-0.3, -0.25) is 0 Å². The monoisotopic (exact) mass is 236 g/mol. The topological polar surface area (TPSA) is 0 Å². The molecule has 0 bridgehead atoms. The molecule has 0 aliphatic rings. The fourth-order valence-electron chi connectivity index (χ4n) is 1.02. The number of rotatable bonds is 2. The van der Waals surface area contributed by atoms with Gasteiger partial charge in [0, 0.05) is 0 Å². The zero-order chi connectivity index (χ0) is 13.5. The summed E-state index contributed by atoms with van der Waals surface area (Å²) in [5.74, 6) is -0.174. The molecule has 96 valence electrons. The summed E-state index contributed by atoms with van der Waals surface area (Å²) in [6, 6.07) is 4.81. The Hall–Kier alpha value is -1.11. The standard InChI is InChI=1S/C10H11F.C6H14/c1-3-4-9-7-10(11)6-5-8(9)2;1-5-6(2,3)4/h3,5-7H,1,4H2,2H3;5H2,1-4H3. The summed E-state index contributed by atoms with van der Waals surface area (Å²) in [6.45, 7) is 14.5. The van der Waals surface area contributed by atoms with Crippen molar-refractivity contribution in [3.63, 3.8) is 0 Å². The lowest BCUT2D eigenvalue weighted by atomic mass is 9.94.